The summed E-state index contributed by atoms with van der Waals surface area (Å²) in [6.45, 7) is 2.20. The molecule has 2 aliphatic heterocycles. The molecule has 0 saturated carbocycles. The van der Waals surface area contributed by atoms with Gasteiger partial charge in [0.05, 0.1) is 17.8 Å². The van der Waals surface area contributed by atoms with Gasteiger partial charge in [-0.3, -0.25) is 4.79 Å². The highest BCUT2D eigenvalue weighted by atomic mass is 19.4. The SMILES string of the molecule is O=C([C@H]1CNCCO1)N1CCC(O)(c2cccc(C(F)(F)F)c2)CC1. The number of alkyl halides is 3. The van der Waals surface area contributed by atoms with E-state index >= 15 is 0 Å². The van der Waals surface area contributed by atoms with Crippen LogP contribution >= 0.6 is 0 Å². The summed E-state index contributed by atoms with van der Waals surface area (Å²) in [6.07, 6.45) is -4.59. The Hall–Kier alpha value is -1.64. The van der Waals surface area contributed by atoms with Crippen LogP contribution in [0.3, 0.4) is 0 Å². The van der Waals surface area contributed by atoms with E-state index < -0.39 is 23.4 Å². The van der Waals surface area contributed by atoms with Crippen molar-refractivity contribution in [2.75, 3.05) is 32.8 Å². The minimum atomic E-state index is -4.45. The molecular weight excluding hydrogens is 337 g/mol. The van der Waals surface area contributed by atoms with Gasteiger partial charge in [0.1, 0.15) is 6.10 Å². The highest BCUT2D eigenvalue weighted by molar-refractivity contribution is 5.81. The van der Waals surface area contributed by atoms with Gasteiger partial charge >= 0.3 is 6.18 Å². The van der Waals surface area contributed by atoms with Crippen LogP contribution in [0.5, 0.6) is 0 Å². The number of likely N-dealkylation sites (tertiary alicyclic amines) is 1. The Morgan fingerprint density at radius 3 is 2.64 bits per heavy atom. The summed E-state index contributed by atoms with van der Waals surface area (Å²) in [7, 11) is 0. The van der Waals surface area contributed by atoms with Crippen molar-refractivity contribution in [1.82, 2.24) is 10.2 Å². The van der Waals surface area contributed by atoms with Crippen LogP contribution in [0, 0.1) is 0 Å². The summed E-state index contributed by atoms with van der Waals surface area (Å²) in [4.78, 5) is 14.0. The van der Waals surface area contributed by atoms with Gasteiger partial charge < -0.3 is 20.1 Å². The number of halogens is 3. The van der Waals surface area contributed by atoms with Crippen LogP contribution in [-0.4, -0.2) is 54.8 Å². The van der Waals surface area contributed by atoms with Gasteiger partial charge in [-0.05, 0) is 30.5 Å². The minimum absolute atomic E-state index is 0.140. The highest BCUT2D eigenvalue weighted by Gasteiger charge is 2.39. The Morgan fingerprint density at radius 2 is 2.04 bits per heavy atom. The number of ether oxygens (including phenoxy) is 1. The van der Waals surface area contributed by atoms with E-state index in [9.17, 15) is 23.1 Å². The van der Waals surface area contributed by atoms with Gasteiger partial charge in [-0.25, -0.2) is 0 Å². The first-order valence-corrected chi connectivity index (χ1v) is 8.31. The zero-order chi connectivity index (χ0) is 18.1. The van der Waals surface area contributed by atoms with E-state index in [1.807, 2.05) is 0 Å². The summed E-state index contributed by atoms with van der Waals surface area (Å²) < 4.78 is 44.1. The molecule has 0 spiro atoms. The molecule has 2 aliphatic rings. The maximum atomic E-state index is 12.9. The van der Waals surface area contributed by atoms with Gasteiger partial charge in [0.15, 0.2) is 0 Å². The number of carbonyl (C=O) groups excluding carboxylic acids is 1. The second-order valence-electron chi connectivity index (χ2n) is 6.50. The summed E-state index contributed by atoms with van der Waals surface area (Å²) in [5.41, 5.74) is -1.90. The normalized spacial score (nSPS) is 24.2. The third-order valence-electron chi connectivity index (χ3n) is 4.83. The van der Waals surface area contributed by atoms with Gasteiger partial charge in [0.2, 0.25) is 0 Å². The molecule has 138 valence electrons. The molecule has 0 aliphatic carbocycles. The molecule has 25 heavy (non-hydrogen) atoms. The molecule has 1 aromatic rings. The lowest BCUT2D eigenvalue weighted by atomic mass is 9.83. The number of piperidine rings is 1. The van der Waals surface area contributed by atoms with E-state index in [1.165, 1.54) is 12.1 Å². The van der Waals surface area contributed by atoms with Crippen molar-refractivity contribution in [3.63, 3.8) is 0 Å². The molecule has 0 bridgehead atoms. The number of hydrogen-bond acceptors (Lipinski definition) is 4. The van der Waals surface area contributed by atoms with Crippen LogP contribution in [0.15, 0.2) is 24.3 Å². The van der Waals surface area contributed by atoms with E-state index in [2.05, 4.69) is 5.32 Å². The Balaban J connectivity index is 1.67. The van der Waals surface area contributed by atoms with E-state index in [-0.39, 0.29) is 37.4 Å². The molecule has 2 N–H and O–H groups in total. The van der Waals surface area contributed by atoms with E-state index in [4.69, 9.17) is 4.74 Å². The average Bonchev–Trinajstić information content (AvgIpc) is 2.62. The number of rotatable bonds is 2. The van der Waals surface area contributed by atoms with Gasteiger partial charge in [-0.1, -0.05) is 12.1 Å². The summed E-state index contributed by atoms with van der Waals surface area (Å²) in [5, 5.41) is 13.9. The van der Waals surface area contributed by atoms with Crippen molar-refractivity contribution in [1.29, 1.82) is 0 Å². The van der Waals surface area contributed by atoms with Crippen LogP contribution < -0.4 is 5.32 Å². The number of benzene rings is 1. The third-order valence-corrected chi connectivity index (χ3v) is 4.83. The lowest BCUT2D eigenvalue weighted by Crippen LogP contribution is -2.53. The fraction of sp³-hybridized carbons (Fsp3) is 0.588. The molecular formula is C17H21F3N2O3. The zero-order valence-electron chi connectivity index (χ0n) is 13.7. The Bertz CT molecular complexity index is 622. The van der Waals surface area contributed by atoms with Crippen molar-refractivity contribution < 1.29 is 27.8 Å². The second kappa shape index (κ2) is 6.93. The summed E-state index contributed by atoms with van der Waals surface area (Å²) >= 11 is 0. The Morgan fingerprint density at radius 1 is 1.32 bits per heavy atom. The standard InChI is InChI=1S/C17H21F3N2O3/c18-17(19,20)13-3-1-2-12(10-13)16(24)4-7-22(8-5-16)15(23)14-11-21-6-9-25-14/h1-3,10,14,21,24H,4-9,11H2/t14-/m1/s1. The largest absolute Gasteiger partial charge is 0.416 e. The second-order valence-corrected chi connectivity index (χ2v) is 6.50. The van der Waals surface area contributed by atoms with Crippen LogP contribution in [0.4, 0.5) is 13.2 Å². The highest BCUT2D eigenvalue weighted by Crippen LogP contribution is 2.36. The lowest BCUT2D eigenvalue weighted by molar-refractivity contribution is -0.149. The molecule has 2 fully saturated rings. The number of morpholine rings is 1. The number of hydrogen-bond donors (Lipinski definition) is 2. The number of aliphatic hydroxyl groups is 1. The quantitative estimate of drug-likeness (QED) is 0.841. The third kappa shape index (κ3) is 3.96. The zero-order valence-corrected chi connectivity index (χ0v) is 13.7. The molecule has 1 atom stereocenters. The predicted octanol–water partition coefficient (Wildman–Crippen LogP) is 1.50. The Labute approximate surface area is 143 Å². The van der Waals surface area contributed by atoms with E-state index in [0.29, 0.717) is 19.7 Å². The molecule has 0 radical (unpaired) electrons. The van der Waals surface area contributed by atoms with E-state index in [0.717, 1.165) is 12.1 Å². The molecule has 5 nitrogen and oxygen atoms in total. The van der Waals surface area contributed by atoms with Gasteiger partial charge in [-0.15, -0.1) is 0 Å². The molecule has 0 unspecified atom stereocenters. The van der Waals surface area contributed by atoms with Crippen molar-refractivity contribution >= 4 is 5.91 Å². The van der Waals surface area contributed by atoms with Gasteiger partial charge in [0.25, 0.3) is 5.91 Å². The molecule has 2 heterocycles. The first-order chi connectivity index (χ1) is 11.8. The van der Waals surface area contributed by atoms with Crippen molar-refractivity contribution in [3.8, 4) is 0 Å². The predicted molar refractivity (Wildman–Crippen MR) is 83.8 cm³/mol. The van der Waals surface area contributed by atoms with Crippen molar-refractivity contribution in [3.05, 3.63) is 35.4 Å². The minimum Gasteiger partial charge on any atom is -0.385 e. The number of nitrogens with one attached hydrogen (secondary N) is 1. The van der Waals surface area contributed by atoms with Crippen LogP contribution in [0.25, 0.3) is 0 Å². The molecule has 8 heteroatoms. The monoisotopic (exact) mass is 358 g/mol. The van der Waals surface area contributed by atoms with Crippen LogP contribution in [-0.2, 0) is 21.3 Å². The molecule has 1 amide bonds. The summed E-state index contributed by atoms with van der Waals surface area (Å²) in [5.74, 6) is -0.140. The molecule has 1 aromatic carbocycles. The number of nitrogens with zero attached hydrogens (tertiary/aromatic N) is 1. The van der Waals surface area contributed by atoms with Crippen LogP contribution in [0.2, 0.25) is 0 Å². The first kappa shape index (κ1) is 18.2. The molecule has 0 aromatic heterocycles. The summed E-state index contributed by atoms with van der Waals surface area (Å²) in [6, 6.07) is 4.78. The fourth-order valence-corrected chi connectivity index (χ4v) is 3.30. The fourth-order valence-electron chi connectivity index (χ4n) is 3.30. The van der Waals surface area contributed by atoms with Crippen LogP contribution in [0.1, 0.15) is 24.0 Å². The van der Waals surface area contributed by atoms with E-state index in [1.54, 1.807) is 4.90 Å². The first-order valence-electron chi connectivity index (χ1n) is 8.31. The smallest absolute Gasteiger partial charge is 0.385 e. The van der Waals surface area contributed by atoms with Gasteiger partial charge in [-0.2, -0.15) is 13.2 Å². The maximum absolute atomic E-state index is 12.9. The van der Waals surface area contributed by atoms with Gasteiger partial charge in [0, 0.05) is 26.2 Å². The van der Waals surface area contributed by atoms with Crippen molar-refractivity contribution in [2.24, 2.45) is 0 Å². The lowest BCUT2D eigenvalue weighted by Gasteiger charge is -2.40. The average molecular weight is 358 g/mol. The topological polar surface area (TPSA) is 61.8 Å². The number of amides is 1. The molecule has 2 saturated heterocycles. The van der Waals surface area contributed by atoms with Crippen molar-refractivity contribution in [2.45, 2.75) is 30.7 Å². The molecule has 3 rings (SSSR count). The number of carbonyl (C=O) groups is 1. The Kier molecular flexibility index (Phi) is 5.04. The maximum Gasteiger partial charge on any atom is 0.416 e.